The van der Waals surface area contributed by atoms with Crippen LogP contribution in [-0.4, -0.2) is 31.8 Å². The number of methoxy groups -OCH3 is 1. The molecule has 0 fully saturated rings. The molecule has 1 heterocycles. The van der Waals surface area contributed by atoms with Crippen LogP contribution in [0.25, 0.3) is 10.1 Å². The van der Waals surface area contributed by atoms with Crippen molar-refractivity contribution in [1.82, 2.24) is 5.43 Å². The van der Waals surface area contributed by atoms with Crippen molar-refractivity contribution in [3.05, 3.63) is 87.8 Å². The maximum absolute atomic E-state index is 12.8. The van der Waals surface area contributed by atoms with Crippen LogP contribution in [0.1, 0.15) is 32.5 Å². The number of hydrogen-bond donors (Lipinski definition) is 1. The summed E-state index contributed by atoms with van der Waals surface area (Å²) in [4.78, 5) is 25.6. The van der Waals surface area contributed by atoms with Gasteiger partial charge < -0.3 is 14.2 Å². The summed E-state index contributed by atoms with van der Waals surface area (Å²) in [5, 5.41) is 5.18. The largest absolute Gasteiger partial charge is 0.496 e. The van der Waals surface area contributed by atoms with Crippen molar-refractivity contribution in [2.45, 2.75) is 6.92 Å². The highest BCUT2D eigenvalue weighted by atomic mass is 35.5. The van der Waals surface area contributed by atoms with Crippen LogP contribution in [-0.2, 0) is 0 Å². The number of carbonyl (C=O) groups is 2. The summed E-state index contributed by atoms with van der Waals surface area (Å²) in [6.07, 6.45) is 1.46. The molecule has 3 aromatic carbocycles. The maximum Gasteiger partial charge on any atom is 0.355 e. The number of para-hydroxylation sites is 1. The van der Waals surface area contributed by atoms with Gasteiger partial charge in [-0.15, -0.1) is 11.3 Å². The van der Waals surface area contributed by atoms with Crippen molar-refractivity contribution in [3.63, 3.8) is 0 Å². The molecule has 1 N–H and O–H groups in total. The summed E-state index contributed by atoms with van der Waals surface area (Å²) >= 11 is 7.68. The van der Waals surface area contributed by atoms with Crippen molar-refractivity contribution in [3.8, 4) is 17.2 Å². The second-order valence-electron chi connectivity index (χ2n) is 7.17. The molecule has 1 amide bonds. The van der Waals surface area contributed by atoms with Gasteiger partial charge in [-0.3, -0.25) is 4.79 Å². The third kappa shape index (κ3) is 5.45. The maximum atomic E-state index is 12.8. The molecule has 0 saturated carbocycles. The van der Waals surface area contributed by atoms with Crippen molar-refractivity contribution in [2.75, 3.05) is 13.7 Å². The molecule has 178 valence electrons. The molecule has 0 radical (unpaired) electrons. The lowest BCUT2D eigenvalue weighted by molar-refractivity contribution is 0.0733. The molecule has 7 nitrogen and oxygen atoms in total. The number of esters is 1. The molecule has 1 aromatic heterocycles. The molecule has 4 rings (SSSR count). The average Bonchev–Trinajstić information content (AvgIpc) is 3.22. The monoisotopic (exact) mass is 508 g/mol. The van der Waals surface area contributed by atoms with E-state index in [1.807, 2.05) is 31.2 Å². The van der Waals surface area contributed by atoms with Gasteiger partial charge in [0.1, 0.15) is 10.6 Å². The first-order chi connectivity index (χ1) is 17.0. The van der Waals surface area contributed by atoms with Crippen LogP contribution in [0.15, 0.2) is 71.8 Å². The molecule has 0 saturated heterocycles. The fourth-order valence-electron chi connectivity index (χ4n) is 3.31. The summed E-state index contributed by atoms with van der Waals surface area (Å²) in [7, 11) is 1.49. The topological polar surface area (TPSA) is 86.2 Å². The van der Waals surface area contributed by atoms with Crippen molar-refractivity contribution < 1.29 is 23.8 Å². The lowest BCUT2D eigenvalue weighted by Crippen LogP contribution is -2.18. The summed E-state index contributed by atoms with van der Waals surface area (Å²) < 4.78 is 17.4. The van der Waals surface area contributed by atoms with E-state index in [2.05, 4.69) is 10.5 Å². The van der Waals surface area contributed by atoms with Gasteiger partial charge in [-0.05, 0) is 48.9 Å². The number of nitrogens with zero attached hydrogens (tertiary/aromatic N) is 1. The van der Waals surface area contributed by atoms with Crippen molar-refractivity contribution in [1.29, 1.82) is 0 Å². The minimum absolute atomic E-state index is 0.251. The Kier molecular flexibility index (Phi) is 7.64. The predicted octanol–water partition coefficient (Wildman–Crippen LogP) is 5.95. The molecule has 0 aliphatic carbocycles. The van der Waals surface area contributed by atoms with Crippen LogP contribution in [0.3, 0.4) is 0 Å². The van der Waals surface area contributed by atoms with Gasteiger partial charge in [0.2, 0.25) is 0 Å². The van der Waals surface area contributed by atoms with E-state index in [4.69, 9.17) is 25.8 Å². The number of rotatable bonds is 8. The number of ether oxygens (including phenoxy) is 3. The molecular formula is C26H21ClN2O5S. The normalized spacial score (nSPS) is 10.9. The molecule has 35 heavy (non-hydrogen) atoms. The van der Waals surface area contributed by atoms with E-state index in [0.717, 1.165) is 10.1 Å². The van der Waals surface area contributed by atoms with Crippen LogP contribution in [0.4, 0.5) is 0 Å². The number of halogens is 1. The Bertz CT molecular complexity index is 1420. The summed E-state index contributed by atoms with van der Waals surface area (Å²) in [6, 6.07) is 19.3. The standard InChI is InChI=1S/C26H21ClN2O5S/c1-3-33-21-14-16(15-28-29-25(30)17-8-4-6-10-19(17)32-2)12-13-20(21)34-26(31)24-23(27)18-9-5-7-11-22(18)35-24/h4-15H,3H2,1-2H3,(H,29,30)/b28-15-. The highest BCUT2D eigenvalue weighted by molar-refractivity contribution is 7.21. The SMILES string of the molecule is CCOc1cc(/C=N\NC(=O)c2ccccc2OC)ccc1OC(=O)c1sc2ccccc2c1Cl. The first-order valence-electron chi connectivity index (χ1n) is 10.6. The highest BCUT2D eigenvalue weighted by Crippen LogP contribution is 2.37. The Morgan fingerprint density at radius 1 is 1.03 bits per heavy atom. The summed E-state index contributed by atoms with van der Waals surface area (Å²) in [5.74, 6) is 0.0829. The van der Waals surface area contributed by atoms with Gasteiger partial charge in [0.05, 0.1) is 30.5 Å². The number of amides is 1. The first kappa shape index (κ1) is 24.3. The summed E-state index contributed by atoms with van der Waals surface area (Å²) in [6.45, 7) is 2.18. The first-order valence-corrected chi connectivity index (χ1v) is 11.8. The fourth-order valence-corrected chi connectivity index (χ4v) is 4.69. The molecule has 0 unspecified atom stereocenters. The van der Waals surface area contributed by atoms with E-state index in [1.165, 1.54) is 24.7 Å². The number of nitrogens with one attached hydrogen (secondary N) is 1. The Morgan fingerprint density at radius 3 is 2.57 bits per heavy atom. The molecule has 0 aliphatic rings. The third-order valence-electron chi connectivity index (χ3n) is 4.92. The minimum Gasteiger partial charge on any atom is -0.496 e. The third-order valence-corrected chi connectivity index (χ3v) is 6.58. The zero-order valence-corrected chi connectivity index (χ0v) is 20.5. The number of fused-ring (bicyclic) bond motifs is 1. The van der Waals surface area contributed by atoms with Crippen molar-refractivity contribution >= 4 is 51.1 Å². The van der Waals surface area contributed by atoms with E-state index in [9.17, 15) is 9.59 Å². The van der Waals surface area contributed by atoms with Gasteiger partial charge in [-0.25, -0.2) is 10.2 Å². The fraction of sp³-hybridized carbons (Fsp3) is 0.115. The summed E-state index contributed by atoms with van der Waals surface area (Å²) in [5.41, 5.74) is 3.47. The Balaban J connectivity index is 1.49. The smallest absolute Gasteiger partial charge is 0.355 e. The quantitative estimate of drug-likeness (QED) is 0.138. The zero-order valence-electron chi connectivity index (χ0n) is 18.9. The van der Waals surface area contributed by atoms with E-state index in [1.54, 1.807) is 42.5 Å². The van der Waals surface area contributed by atoms with Gasteiger partial charge >= 0.3 is 5.97 Å². The molecule has 0 bridgehead atoms. The van der Waals surface area contributed by atoms with Crippen LogP contribution >= 0.6 is 22.9 Å². The van der Waals surface area contributed by atoms with Crippen LogP contribution in [0.5, 0.6) is 17.2 Å². The molecule has 0 spiro atoms. The molecule has 0 aliphatic heterocycles. The number of hydrazone groups is 1. The van der Waals surface area contributed by atoms with E-state index in [0.29, 0.717) is 39.1 Å². The lowest BCUT2D eigenvalue weighted by Gasteiger charge is -2.11. The Hall–Kier alpha value is -3.88. The van der Waals surface area contributed by atoms with Crippen LogP contribution in [0.2, 0.25) is 5.02 Å². The van der Waals surface area contributed by atoms with Crippen molar-refractivity contribution in [2.24, 2.45) is 5.10 Å². The Morgan fingerprint density at radius 2 is 1.80 bits per heavy atom. The zero-order chi connectivity index (χ0) is 24.8. The van der Waals surface area contributed by atoms with Gasteiger partial charge in [0.15, 0.2) is 11.5 Å². The van der Waals surface area contributed by atoms with Crippen LogP contribution in [0, 0.1) is 0 Å². The van der Waals surface area contributed by atoms with Gasteiger partial charge in [0, 0.05) is 10.1 Å². The predicted molar refractivity (Wildman–Crippen MR) is 137 cm³/mol. The second kappa shape index (κ2) is 11.0. The van der Waals surface area contributed by atoms with Gasteiger partial charge in [-0.2, -0.15) is 5.10 Å². The highest BCUT2D eigenvalue weighted by Gasteiger charge is 2.20. The average molecular weight is 509 g/mol. The molecule has 4 aromatic rings. The number of thiophene rings is 1. The lowest BCUT2D eigenvalue weighted by atomic mass is 10.2. The minimum atomic E-state index is -0.567. The molecule has 0 atom stereocenters. The Labute approximate surface area is 210 Å². The number of benzene rings is 3. The number of carbonyl (C=O) groups excluding carboxylic acids is 2. The molecular weight excluding hydrogens is 488 g/mol. The van der Waals surface area contributed by atoms with Gasteiger partial charge in [0.25, 0.3) is 5.91 Å². The molecule has 9 heteroatoms. The van der Waals surface area contributed by atoms with E-state index in [-0.39, 0.29) is 5.75 Å². The van der Waals surface area contributed by atoms with E-state index < -0.39 is 11.9 Å². The van der Waals surface area contributed by atoms with Gasteiger partial charge in [-0.1, -0.05) is 41.9 Å². The number of hydrogen-bond acceptors (Lipinski definition) is 7. The van der Waals surface area contributed by atoms with Crippen LogP contribution < -0.4 is 19.6 Å². The van der Waals surface area contributed by atoms with E-state index >= 15 is 0 Å². The second-order valence-corrected chi connectivity index (χ2v) is 8.60.